The first kappa shape index (κ1) is 11.4. The van der Waals surface area contributed by atoms with Crippen molar-refractivity contribution in [2.24, 2.45) is 0 Å². The fourth-order valence-electron chi connectivity index (χ4n) is 1.51. The van der Waals surface area contributed by atoms with E-state index in [1.54, 1.807) is 6.33 Å². The summed E-state index contributed by atoms with van der Waals surface area (Å²) in [5.41, 5.74) is 0. The lowest BCUT2D eigenvalue weighted by atomic mass is 10.3. The zero-order valence-corrected chi connectivity index (χ0v) is 9.84. The SMILES string of the molecule is CCN(CC)CC(C)n1cn[nH]c1=S. The third-order valence-corrected chi connectivity index (χ3v) is 2.77. The number of H-pyrrole nitrogens is 1. The summed E-state index contributed by atoms with van der Waals surface area (Å²) < 4.78 is 2.69. The lowest BCUT2D eigenvalue weighted by Gasteiger charge is -2.22. The first-order valence-corrected chi connectivity index (χ1v) is 5.43. The molecule has 0 aliphatic carbocycles. The van der Waals surface area contributed by atoms with E-state index < -0.39 is 0 Å². The minimum absolute atomic E-state index is 0.376. The summed E-state index contributed by atoms with van der Waals surface area (Å²) in [7, 11) is 0. The van der Waals surface area contributed by atoms with Crippen LogP contribution >= 0.6 is 12.2 Å². The highest BCUT2D eigenvalue weighted by Gasteiger charge is 2.09. The normalized spacial score (nSPS) is 13.4. The molecule has 1 atom stereocenters. The molecule has 1 unspecified atom stereocenters. The van der Waals surface area contributed by atoms with Gasteiger partial charge in [-0.15, -0.1) is 0 Å². The Morgan fingerprint density at radius 3 is 2.64 bits per heavy atom. The van der Waals surface area contributed by atoms with E-state index in [0.717, 1.165) is 19.6 Å². The van der Waals surface area contributed by atoms with E-state index in [-0.39, 0.29) is 0 Å². The first-order valence-electron chi connectivity index (χ1n) is 5.02. The van der Waals surface area contributed by atoms with Gasteiger partial charge in [-0.25, -0.2) is 0 Å². The summed E-state index contributed by atoms with van der Waals surface area (Å²) in [4.78, 5) is 2.37. The molecule has 0 aliphatic heterocycles. The zero-order chi connectivity index (χ0) is 10.6. The Labute approximate surface area is 89.9 Å². The van der Waals surface area contributed by atoms with Gasteiger partial charge in [0.1, 0.15) is 6.33 Å². The number of aromatic nitrogens is 3. The molecule has 0 spiro atoms. The molecule has 0 fully saturated rings. The predicted molar refractivity (Wildman–Crippen MR) is 59.9 cm³/mol. The minimum Gasteiger partial charge on any atom is -0.303 e. The van der Waals surface area contributed by atoms with Crippen LogP contribution in [0.3, 0.4) is 0 Å². The van der Waals surface area contributed by atoms with Gasteiger partial charge in [0.2, 0.25) is 0 Å². The smallest absolute Gasteiger partial charge is 0.195 e. The highest BCUT2D eigenvalue weighted by Crippen LogP contribution is 2.07. The topological polar surface area (TPSA) is 36.9 Å². The number of aromatic amines is 1. The van der Waals surface area contributed by atoms with E-state index >= 15 is 0 Å². The highest BCUT2D eigenvalue weighted by atomic mass is 32.1. The molecule has 80 valence electrons. The van der Waals surface area contributed by atoms with Gasteiger partial charge in [-0.05, 0) is 32.2 Å². The molecule has 0 radical (unpaired) electrons. The second-order valence-electron chi connectivity index (χ2n) is 3.40. The molecule has 0 saturated carbocycles. The summed E-state index contributed by atoms with van der Waals surface area (Å²) >= 11 is 5.11. The molecule has 1 aromatic rings. The van der Waals surface area contributed by atoms with Crippen LogP contribution in [0.15, 0.2) is 6.33 Å². The lowest BCUT2D eigenvalue weighted by molar-refractivity contribution is 0.260. The Morgan fingerprint density at radius 2 is 2.21 bits per heavy atom. The fourth-order valence-corrected chi connectivity index (χ4v) is 1.79. The minimum atomic E-state index is 0.376. The Bertz CT molecular complexity index is 313. The Balaban J connectivity index is 2.62. The van der Waals surface area contributed by atoms with Crippen LogP contribution in [0.5, 0.6) is 0 Å². The Hall–Kier alpha value is -0.680. The summed E-state index contributed by atoms with van der Waals surface area (Å²) in [6.07, 6.45) is 1.76. The van der Waals surface area contributed by atoms with Crippen LogP contribution < -0.4 is 0 Å². The second kappa shape index (κ2) is 5.26. The Kier molecular flexibility index (Phi) is 4.28. The summed E-state index contributed by atoms with van der Waals surface area (Å²) in [6.45, 7) is 9.66. The molecular formula is C9H18N4S. The van der Waals surface area contributed by atoms with Crippen molar-refractivity contribution in [3.8, 4) is 0 Å². The number of hydrogen-bond acceptors (Lipinski definition) is 3. The maximum absolute atomic E-state index is 5.11. The molecule has 1 aromatic heterocycles. The van der Waals surface area contributed by atoms with E-state index in [1.807, 2.05) is 4.57 Å². The van der Waals surface area contributed by atoms with E-state index in [9.17, 15) is 0 Å². The van der Waals surface area contributed by atoms with Crippen molar-refractivity contribution in [1.29, 1.82) is 0 Å². The maximum atomic E-state index is 5.11. The Morgan fingerprint density at radius 1 is 1.57 bits per heavy atom. The van der Waals surface area contributed by atoms with Gasteiger partial charge in [0, 0.05) is 12.6 Å². The van der Waals surface area contributed by atoms with Crippen LogP contribution in [-0.4, -0.2) is 39.3 Å². The van der Waals surface area contributed by atoms with Gasteiger partial charge < -0.3 is 9.47 Å². The van der Waals surface area contributed by atoms with Crippen LogP contribution in [-0.2, 0) is 0 Å². The largest absolute Gasteiger partial charge is 0.303 e. The van der Waals surface area contributed by atoms with Crippen molar-refractivity contribution in [1.82, 2.24) is 19.7 Å². The van der Waals surface area contributed by atoms with Crippen molar-refractivity contribution in [2.45, 2.75) is 26.8 Å². The van der Waals surface area contributed by atoms with Crippen LogP contribution in [0.25, 0.3) is 0 Å². The molecular weight excluding hydrogens is 196 g/mol. The maximum Gasteiger partial charge on any atom is 0.195 e. The molecule has 1 rings (SSSR count). The summed E-state index contributed by atoms with van der Waals surface area (Å²) in [5.74, 6) is 0. The van der Waals surface area contributed by atoms with Crippen LogP contribution in [0.1, 0.15) is 26.8 Å². The van der Waals surface area contributed by atoms with E-state index in [1.165, 1.54) is 0 Å². The van der Waals surface area contributed by atoms with Gasteiger partial charge in [0.15, 0.2) is 4.77 Å². The zero-order valence-electron chi connectivity index (χ0n) is 9.03. The predicted octanol–water partition coefficient (Wildman–Crippen LogP) is 1.84. The monoisotopic (exact) mass is 214 g/mol. The van der Waals surface area contributed by atoms with Crippen molar-refractivity contribution >= 4 is 12.2 Å². The van der Waals surface area contributed by atoms with Crippen molar-refractivity contribution in [3.63, 3.8) is 0 Å². The molecule has 1 N–H and O–H groups in total. The van der Waals surface area contributed by atoms with Crippen molar-refractivity contribution < 1.29 is 0 Å². The average molecular weight is 214 g/mol. The molecule has 5 heteroatoms. The van der Waals surface area contributed by atoms with E-state index in [4.69, 9.17) is 12.2 Å². The van der Waals surface area contributed by atoms with Crippen LogP contribution in [0.4, 0.5) is 0 Å². The van der Waals surface area contributed by atoms with Gasteiger partial charge in [-0.3, -0.25) is 5.10 Å². The van der Waals surface area contributed by atoms with Crippen LogP contribution in [0.2, 0.25) is 0 Å². The second-order valence-corrected chi connectivity index (χ2v) is 3.79. The molecule has 0 aliphatic rings. The molecule has 1 heterocycles. The molecule has 0 saturated heterocycles. The number of rotatable bonds is 5. The van der Waals surface area contributed by atoms with Gasteiger partial charge in [0.25, 0.3) is 0 Å². The van der Waals surface area contributed by atoms with Crippen molar-refractivity contribution in [3.05, 3.63) is 11.1 Å². The van der Waals surface area contributed by atoms with Gasteiger partial charge in [-0.2, -0.15) is 5.10 Å². The van der Waals surface area contributed by atoms with Gasteiger partial charge in [0.05, 0.1) is 0 Å². The first-order chi connectivity index (χ1) is 6.69. The fraction of sp³-hybridized carbons (Fsp3) is 0.778. The summed E-state index contributed by atoms with van der Waals surface area (Å²) in [5, 5.41) is 6.69. The van der Waals surface area contributed by atoms with Crippen LogP contribution in [0, 0.1) is 4.77 Å². The quantitative estimate of drug-likeness (QED) is 0.760. The molecule has 0 bridgehead atoms. The standard InChI is InChI=1S/C9H18N4S/c1-4-12(5-2)6-8(3)13-7-10-11-9(13)14/h7-8H,4-6H2,1-3H3,(H,11,14). The third kappa shape index (κ3) is 2.65. The molecule has 0 amide bonds. The molecule has 14 heavy (non-hydrogen) atoms. The van der Waals surface area contributed by atoms with E-state index in [2.05, 4.69) is 35.9 Å². The number of nitrogens with one attached hydrogen (secondary N) is 1. The molecule has 4 nitrogen and oxygen atoms in total. The van der Waals surface area contributed by atoms with Crippen molar-refractivity contribution in [2.75, 3.05) is 19.6 Å². The average Bonchev–Trinajstić information content (AvgIpc) is 2.60. The molecule has 0 aromatic carbocycles. The van der Waals surface area contributed by atoms with Gasteiger partial charge >= 0.3 is 0 Å². The number of likely N-dealkylation sites (N-methyl/N-ethyl adjacent to an activating group) is 1. The van der Waals surface area contributed by atoms with E-state index in [0.29, 0.717) is 10.8 Å². The third-order valence-electron chi connectivity index (χ3n) is 2.47. The number of nitrogens with zero attached hydrogens (tertiary/aromatic N) is 3. The lowest BCUT2D eigenvalue weighted by Crippen LogP contribution is -2.29. The summed E-state index contributed by atoms with van der Waals surface area (Å²) in [6, 6.07) is 0.376. The van der Waals surface area contributed by atoms with Gasteiger partial charge in [-0.1, -0.05) is 13.8 Å². The number of hydrogen-bond donors (Lipinski definition) is 1. The highest BCUT2D eigenvalue weighted by molar-refractivity contribution is 7.71.